The highest BCUT2D eigenvalue weighted by atomic mass is 16.6. The summed E-state index contributed by atoms with van der Waals surface area (Å²) in [7, 11) is 1.40. The molecule has 0 bridgehead atoms. The third kappa shape index (κ3) is 3.22. The molecule has 0 aromatic heterocycles. The number of nitro groups is 1. The number of rotatable bonds is 4. The Hall–Kier alpha value is -2.35. The van der Waals surface area contributed by atoms with Gasteiger partial charge in [0.05, 0.1) is 18.1 Å². The molecule has 1 aromatic rings. The van der Waals surface area contributed by atoms with Gasteiger partial charge < -0.3 is 15.2 Å². The van der Waals surface area contributed by atoms with Gasteiger partial charge in [-0.25, -0.2) is 4.79 Å². The number of hydrogen-bond donors (Lipinski definition) is 2. The smallest absolute Gasteiger partial charge is 0.412 e. The van der Waals surface area contributed by atoms with Crippen molar-refractivity contribution in [1.82, 2.24) is 5.32 Å². The van der Waals surface area contributed by atoms with Crippen molar-refractivity contribution in [2.24, 2.45) is 0 Å². The number of carboxylic acid groups (broad SMARTS) is 1. The van der Waals surface area contributed by atoms with E-state index in [1.165, 1.54) is 25.3 Å². The molecule has 21 heavy (non-hydrogen) atoms. The summed E-state index contributed by atoms with van der Waals surface area (Å²) in [5.41, 5.74) is -0.185. The van der Waals surface area contributed by atoms with Gasteiger partial charge in [0, 0.05) is 6.04 Å². The Kier molecular flexibility index (Phi) is 4.59. The maximum atomic E-state index is 11.6. The van der Waals surface area contributed by atoms with E-state index in [4.69, 9.17) is 4.74 Å². The van der Waals surface area contributed by atoms with Crippen LogP contribution >= 0.6 is 0 Å². The van der Waals surface area contributed by atoms with E-state index in [-0.39, 0.29) is 17.4 Å². The van der Waals surface area contributed by atoms with Gasteiger partial charge in [0.25, 0.3) is 5.69 Å². The van der Waals surface area contributed by atoms with Crippen molar-refractivity contribution < 1.29 is 19.6 Å². The van der Waals surface area contributed by atoms with Crippen molar-refractivity contribution in [3.05, 3.63) is 28.3 Å². The minimum absolute atomic E-state index is 0.0835. The van der Waals surface area contributed by atoms with E-state index in [0.717, 1.165) is 4.90 Å². The predicted molar refractivity (Wildman–Crippen MR) is 76.0 cm³/mol. The van der Waals surface area contributed by atoms with Gasteiger partial charge in [-0.3, -0.25) is 15.0 Å². The van der Waals surface area contributed by atoms with Crippen LogP contribution in [0.4, 0.5) is 16.2 Å². The fourth-order valence-corrected chi connectivity index (χ4v) is 2.50. The Morgan fingerprint density at radius 1 is 1.48 bits per heavy atom. The molecular formula is C13H17N3O5. The third-order valence-electron chi connectivity index (χ3n) is 3.52. The number of anilines is 1. The van der Waals surface area contributed by atoms with E-state index in [9.17, 15) is 20.0 Å². The molecule has 1 fully saturated rings. The van der Waals surface area contributed by atoms with Gasteiger partial charge in [0.15, 0.2) is 0 Å². The summed E-state index contributed by atoms with van der Waals surface area (Å²) in [6, 6.07) is 3.93. The maximum Gasteiger partial charge on any atom is 0.412 e. The van der Waals surface area contributed by atoms with Crippen LogP contribution in [0.15, 0.2) is 18.2 Å². The summed E-state index contributed by atoms with van der Waals surface area (Å²) in [6.45, 7) is 1.39. The Morgan fingerprint density at radius 2 is 2.14 bits per heavy atom. The molecular weight excluding hydrogens is 278 g/mol. The largest absolute Gasteiger partial charge is 0.496 e. The summed E-state index contributed by atoms with van der Waals surface area (Å²) in [5, 5.41) is 23.8. The highest BCUT2D eigenvalue weighted by molar-refractivity contribution is 5.90. The van der Waals surface area contributed by atoms with Crippen LogP contribution in [-0.2, 0) is 0 Å². The van der Waals surface area contributed by atoms with Crippen LogP contribution in [0, 0.1) is 10.1 Å². The molecule has 0 saturated carbocycles. The van der Waals surface area contributed by atoms with Crippen LogP contribution in [0.1, 0.15) is 12.8 Å². The van der Waals surface area contributed by atoms with Crippen molar-refractivity contribution in [2.75, 3.05) is 25.1 Å². The number of methoxy groups -OCH3 is 1. The number of carbonyl (C=O) groups is 1. The molecule has 1 aliphatic heterocycles. The summed E-state index contributed by atoms with van der Waals surface area (Å²) in [5.74, 6) is 0.320. The molecule has 0 atom stereocenters. The Morgan fingerprint density at radius 3 is 2.67 bits per heavy atom. The predicted octanol–water partition coefficient (Wildman–Crippen LogP) is 1.84. The lowest BCUT2D eigenvalue weighted by molar-refractivity contribution is -0.384. The SMILES string of the molecule is COc1ccc(N(C(=O)O)C2CCNCC2)c([N+](=O)[O-])c1. The van der Waals surface area contributed by atoms with E-state index < -0.39 is 11.0 Å². The average molecular weight is 295 g/mol. The number of nitrogens with zero attached hydrogens (tertiary/aromatic N) is 2. The van der Waals surface area contributed by atoms with Gasteiger partial charge in [0.1, 0.15) is 11.4 Å². The van der Waals surface area contributed by atoms with Gasteiger partial charge in [0.2, 0.25) is 0 Å². The molecule has 1 heterocycles. The van der Waals surface area contributed by atoms with Crippen LogP contribution in [0.5, 0.6) is 5.75 Å². The number of ether oxygens (including phenoxy) is 1. The fraction of sp³-hybridized carbons (Fsp3) is 0.462. The summed E-state index contributed by atoms with van der Waals surface area (Å²) in [4.78, 5) is 23.3. The molecule has 0 unspecified atom stereocenters. The maximum absolute atomic E-state index is 11.6. The van der Waals surface area contributed by atoms with Gasteiger partial charge in [-0.15, -0.1) is 0 Å². The molecule has 1 aliphatic rings. The number of benzene rings is 1. The van der Waals surface area contributed by atoms with Gasteiger partial charge >= 0.3 is 6.09 Å². The zero-order chi connectivity index (χ0) is 15.4. The van der Waals surface area contributed by atoms with Gasteiger partial charge in [-0.05, 0) is 38.1 Å². The second-order valence-electron chi connectivity index (χ2n) is 4.75. The lowest BCUT2D eigenvalue weighted by Gasteiger charge is -2.32. The third-order valence-corrected chi connectivity index (χ3v) is 3.52. The highest BCUT2D eigenvalue weighted by Crippen LogP contribution is 2.34. The van der Waals surface area contributed by atoms with E-state index in [2.05, 4.69) is 5.32 Å². The minimum atomic E-state index is -1.19. The monoisotopic (exact) mass is 295 g/mol. The molecule has 114 valence electrons. The standard InChI is InChI=1S/C13H17N3O5/c1-21-10-2-3-11(12(8-10)16(19)20)15(13(17)18)9-4-6-14-7-5-9/h2-3,8-9,14H,4-7H2,1H3,(H,17,18). The second kappa shape index (κ2) is 6.40. The topological polar surface area (TPSA) is 105 Å². The van der Waals surface area contributed by atoms with Crippen molar-refractivity contribution >= 4 is 17.5 Å². The van der Waals surface area contributed by atoms with Crippen molar-refractivity contribution in [1.29, 1.82) is 0 Å². The lowest BCUT2D eigenvalue weighted by atomic mass is 10.0. The molecule has 0 radical (unpaired) electrons. The zero-order valence-corrected chi connectivity index (χ0v) is 11.6. The van der Waals surface area contributed by atoms with Crippen molar-refractivity contribution in [3.63, 3.8) is 0 Å². The van der Waals surface area contributed by atoms with Crippen LogP contribution in [-0.4, -0.2) is 42.4 Å². The number of amides is 1. The fourth-order valence-electron chi connectivity index (χ4n) is 2.50. The van der Waals surface area contributed by atoms with Crippen LogP contribution in [0.25, 0.3) is 0 Å². The van der Waals surface area contributed by atoms with E-state index in [1.54, 1.807) is 0 Å². The molecule has 1 saturated heterocycles. The van der Waals surface area contributed by atoms with Gasteiger partial charge in [-0.2, -0.15) is 0 Å². The molecule has 0 spiro atoms. The van der Waals surface area contributed by atoms with Crippen LogP contribution in [0.2, 0.25) is 0 Å². The summed E-state index contributed by atoms with van der Waals surface area (Å²) >= 11 is 0. The summed E-state index contributed by atoms with van der Waals surface area (Å²) < 4.78 is 4.97. The molecule has 8 heteroatoms. The Bertz CT molecular complexity index is 543. The first-order valence-electron chi connectivity index (χ1n) is 6.60. The first kappa shape index (κ1) is 15.0. The normalized spacial score (nSPS) is 15.5. The van der Waals surface area contributed by atoms with E-state index in [1.807, 2.05) is 0 Å². The van der Waals surface area contributed by atoms with Crippen molar-refractivity contribution in [3.8, 4) is 5.75 Å². The highest BCUT2D eigenvalue weighted by Gasteiger charge is 2.31. The van der Waals surface area contributed by atoms with Gasteiger partial charge in [-0.1, -0.05) is 0 Å². The Balaban J connectivity index is 2.44. The molecule has 2 N–H and O–H groups in total. The van der Waals surface area contributed by atoms with Crippen LogP contribution in [0.3, 0.4) is 0 Å². The molecule has 1 amide bonds. The number of nitro benzene ring substituents is 1. The number of hydrogen-bond acceptors (Lipinski definition) is 5. The Labute approximate surface area is 121 Å². The molecule has 8 nitrogen and oxygen atoms in total. The second-order valence-corrected chi connectivity index (χ2v) is 4.75. The molecule has 0 aliphatic carbocycles. The van der Waals surface area contributed by atoms with Crippen LogP contribution < -0.4 is 15.0 Å². The average Bonchev–Trinajstić information content (AvgIpc) is 2.48. The first-order chi connectivity index (χ1) is 10.0. The molecule has 1 aromatic carbocycles. The number of piperidine rings is 1. The van der Waals surface area contributed by atoms with E-state index >= 15 is 0 Å². The number of nitrogens with one attached hydrogen (secondary N) is 1. The minimum Gasteiger partial charge on any atom is -0.496 e. The van der Waals surface area contributed by atoms with E-state index in [0.29, 0.717) is 31.7 Å². The summed E-state index contributed by atoms with van der Waals surface area (Å²) in [6.07, 6.45) is 0.0560. The lowest BCUT2D eigenvalue weighted by Crippen LogP contribution is -2.46. The first-order valence-corrected chi connectivity index (χ1v) is 6.60. The zero-order valence-electron chi connectivity index (χ0n) is 11.6. The molecule has 2 rings (SSSR count). The quantitative estimate of drug-likeness (QED) is 0.648. The van der Waals surface area contributed by atoms with Crippen molar-refractivity contribution in [2.45, 2.75) is 18.9 Å².